The highest BCUT2D eigenvalue weighted by Crippen LogP contribution is 2.34. The van der Waals surface area contributed by atoms with E-state index >= 15 is 0 Å². The quantitative estimate of drug-likeness (QED) is 0.631. The van der Waals surface area contributed by atoms with E-state index < -0.39 is 0 Å². The lowest BCUT2D eigenvalue weighted by Gasteiger charge is -2.10. The molecule has 3 N–H and O–H groups in total. The molecule has 0 radical (unpaired) electrons. The highest BCUT2D eigenvalue weighted by Gasteiger charge is 2.12. The van der Waals surface area contributed by atoms with Gasteiger partial charge in [-0.1, -0.05) is 6.07 Å². The molecule has 0 fully saturated rings. The fraction of sp³-hybridized carbons (Fsp3) is 0.0588. The van der Waals surface area contributed by atoms with Gasteiger partial charge in [-0.25, -0.2) is 0 Å². The molecule has 5 nitrogen and oxygen atoms in total. The van der Waals surface area contributed by atoms with Crippen molar-refractivity contribution in [2.75, 3.05) is 17.1 Å². The van der Waals surface area contributed by atoms with Crippen molar-refractivity contribution in [1.29, 1.82) is 10.5 Å². The van der Waals surface area contributed by atoms with Gasteiger partial charge in [0.15, 0.2) is 0 Å². The van der Waals surface area contributed by atoms with Gasteiger partial charge in [-0.3, -0.25) is 0 Å². The number of rotatable bonds is 4. The molecule has 0 aliphatic heterocycles. The first-order valence-corrected chi connectivity index (χ1v) is 7.73. The van der Waals surface area contributed by atoms with Gasteiger partial charge in [-0.2, -0.15) is 10.5 Å². The number of H-pyrrole nitrogens is 1. The van der Waals surface area contributed by atoms with E-state index in [0.717, 1.165) is 27.2 Å². The van der Waals surface area contributed by atoms with E-state index in [4.69, 9.17) is 5.26 Å². The van der Waals surface area contributed by atoms with Crippen molar-refractivity contribution in [2.24, 2.45) is 0 Å². The Morgan fingerprint density at radius 2 is 1.91 bits per heavy atom. The fourth-order valence-electron chi connectivity index (χ4n) is 2.37. The molecule has 0 amide bonds. The first-order chi connectivity index (χ1) is 11.3. The van der Waals surface area contributed by atoms with E-state index in [1.165, 1.54) is 11.9 Å². The number of nitriles is 2. The topological polar surface area (TPSA) is 87.4 Å². The maximum Gasteiger partial charge on any atom is 0.101 e. The van der Waals surface area contributed by atoms with E-state index in [-0.39, 0.29) is 0 Å². The Balaban J connectivity index is 1.93. The Hall–Kier alpha value is -3.09. The summed E-state index contributed by atoms with van der Waals surface area (Å²) in [7, 11) is 1.83. The Morgan fingerprint density at radius 3 is 2.65 bits per heavy atom. The van der Waals surface area contributed by atoms with Crippen LogP contribution in [0.3, 0.4) is 0 Å². The first-order valence-electron chi connectivity index (χ1n) is 6.91. The number of aromatic nitrogens is 1. The van der Waals surface area contributed by atoms with Crippen LogP contribution in [0.1, 0.15) is 11.1 Å². The summed E-state index contributed by atoms with van der Waals surface area (Å²) >= 11 is 1.42. The lowest BCUT2D eigenvalue weighted by Crippen LogP contribution is -1.93. The van der Waals surface area contributed by atoms with Crippen molar-refractivity contribution in [3.05, 3.63) is 53.7 Å². The van der Waals surface area contributed by atoms with Crippen molar-refractivity contribution in [1.82, 2.24) is 4.98 Å². The zero-order valence-electron chi connectivity index (χ0n) is 12.3. The molecule has 0 unspecified atom stereocenters. The van der Waals surface area contributed by atoms with Crippen molar-refractivity contribution < 1.29 is 0 Å². The minimum absolute atomic E-state index is 0.601. The fourth-order valence-corrected chi connectivity index (χ4v) is 3.10. The summed E-state index contributed by atoms with van der Waals surface area (Å²) in [5.74, 6) is 0. The summed E-state index contributed by atoms with van der Waals surface area (Å²) < 4.78 is 3.28. The van der Waals surface area contributed by atoms with E-state index in [2.05, 4.69) is 27.2 Å². The molecule has 0 atom stereocenters. The molecule has 1 aromatic heterocycles. The molecule has 0 spiro atoms. The molecule has 1 heterocycles. The summed E-state index contributed by atoms with van der Waals surface area (Å²) in [5.41, 5.74) is 3.88. The smallest absolute Gasteiger partial charge is 0.101 e. The van der Waals surface area contributed by atoms with Crippen LogP contribution in [0.25, 0.3) is 10.9 Å². The van der Waals surface area contributed by atoms with Gasteiger partial charge >= 0.3 is 0 Å². The molecule has 23 heavy (non-hydrogen) atoms. The average molecular weight is 319 g/mol. The van der Waals surface area contributed by atoms with Crippen LogP contribution in [0, 0.1) is 22.7 Å². The van der Waals surface area contributed by atoms with Gasteiger partial charge in [0.1, 0.15) is 6.07 Å². The third-order valence-electron chi connectivity index (χ3n) is 3.47. The van der Waals surface area contributed by atoms with Crippen LogP contribution in [0.15, 0.2) is 47.5 Å². The Kier molecular flexibility index (Phi) is 4.09. The van der Waals surface area contributed by atoms with Gasteiger partial charge < -0.3 is 15.0 Å². The lowest BCUT2D eigenvalue weighted by atomic mass is 10.1. The summed E-state index contributed by atoms with van der Waals surface area (Å²) in [6.07, 6.45) is 1.71. The van der Waals surface area contributed by atoms with Crippen LogP contribution < -0.4 is 10.0 Å². The first kappa shape index (κ1) is 14.8. The normalized spacial score (nSPS) is 10.0. The molecule has 6 heteroatoms. The predicted octanol–water partition coefficient (Wildman–Crippen LogP) is 4.07. The molecule has 3 rings (SSSR count). The summed E-state index contributed by atoms with van der Waals surface area (Å²) in [6.45, 7) is 0. The highest BCUT2D eigenvalue weighted by atomic mass is 32.2. The van der Waals surface area contributed by atoms with Crippen molar-refractivity contribution >= 4 is 34.2 Å². The average Bonchev–Trinajstić information content (AvgIpc) is 3.04. The van der Waals surface area contributed by atoms with E-state index in [1.54, 1.807) is 12.3 Å². The summed E-state index contributed by atoms with van der Waals surface area (Å²) in [5, 5.41) is 22.2. The van der Waals surface area contributed by atoms with Crippen molar-refractivity contribution in [2.45, 2.75) is 4.90 Å². The Labute approximate surface area is 138 Å². The van der Waals surface area contributed by atoms with Crippen LogP contribution in [-0.2, 0) is 0 Å². The standard InChI is InChI=1S/C17H13N5S/c1-20-14-5-6-15(17-16(14)12(9-19)10-21-17)22-23-13-4-2-3-11(7-13)8-18/h2-7,10,20-22H,1H3. The summed E-state index contributed by atoms with van der Waals surface area (Å²) in [6, 6.07) is 15.6. The third-order valence-corrected chi connectivity index (χ3v) is 4.28. The minimum atomic E-state index is 0.601. The number of nitrogens with zero attached hydrogens (tertiary/aromatic N) is 2. The Morgan fingerprint density at radius 1 is 1.09 bits per heavy atom. The van der Waals surface area contributed by atoms with Gasteiger partial charge in [0, 0.05) is 29.2 Å². The second-order valence-corrected chi connectivity index (χ2v) is 5.70. The maximum absolute atomic E-state index is 9.25. The van der Waals surface area contributed by atoms with E-state index in [0.29, 0.717) is 11.1 Å². The van der Waals surface area contributed by atoms with Crippen LogP contribution in [0.4, 0.5) is 11.4 Å². The molecule has 0 saturated carbocycles. The second kappa shape index (κ2) is 6.35. The molecular formula is C17H13N5S. The molecule has 2 aromatic carbocycles. The molecule has 0 aliphatic rings. The van der Waals surface area contributed by atoms with Gasteiger partial charge in [0.2, 0.25) is 0 Å². The zero-order valence-corrected chi connectivity index (χ0v) is 13.2. The van der Waals surface area contributed by atoms with Crippen molar-refractivity contribution in [3.63, 3.8) is 0 Å². The number of benzene rings is 2. The number of aromatic amines is 1. The van der Waals surface area contributed by atoms with Gasteiger partial charge in [-0.15, -0.1) is 0 Å². The molecule has 0 saturated heterocycles. The van der Waals surface area contributed by atoms with Gasteiger partial charge in [0.05, 0.1) is 28.4 Å². The van der Waals surface area contributed by atoms with E-state index in [1.807, 2.05) is 37.4 Å². The van der Waals surface area contributed by atoms with Crippen LogP contribution in [0.2, 0.25) is 0 Å². The number of fused-ring (bicyclic) bond motifs is 1. The third kappa shape index (κ3) is 2.80. The monoisotopic (exact) mass is 319 g/mol. The minimum Gasteiger partial charge on any atom is -0.388 e. The maximum atomic E-state index is 9.25. The van der Waals surface area contributed by atoms with Crippen LogP contribution in [-0.4, -0.2) is 12.0 Å². The second-order valence-electron chi connectivity index (χ2n) is 4.82. The SMILES string of the molecule is CNc1ccc(NSc2cccc(C#N)c2)c2[nH]cc(C#N)c12. The summed E-state index contributed by atoms with van der Waals surface area (Å²) in [4.78, 5) is 4.10. The van der Waals surface area contributed by atoms with Gasteiger partial charge in [-0.05, 0) is 42.3 Å². The molecule has 3 aromatic rings. The number of nitrogens with one attached hydrogen (secondary N) is 3. The molecule has 0 aliphatic carbocycles. The van der Waals surface area contributed by atoms with Crippen LogP contribution >= 0.6 is 11.9 Å². The van der Waals surface area contributed by atoms with Gasteiger partial charge in [0.25, 0.3) is 0 Å². The highest BCUT2D eigenvalue weighted by molar-refractivity contribution is 8.00. The Bertz CT molecular complexity index is 946. The molecular weight excluding hydrogens is 306 g/mol. The predicted molar refractivity (Wildman–Crippen MR) is 93.2 cm³/mol. The van der Waals surface area contributed by atoms with Crippen molar-refractivity contribution in [3.8, 4) is 12.1 Å². The lowest BCUT2D eigenvalue weighted by molar-refractivity contribution is 1.40. The van der Waals surface area contributed by atoms with Crippen LogP contribution in [0.5, 0.6) is 0 Å². The molecule has 0 bridgehead atoms. The van der Waals surface area contributed by atoms with E-state index in [9.17, 15) is 5.26 Å². The number of hydrogen-bond donors (Lipinski definition) is 3. The number of anilines is 2. The largest absolute Gasteiger partial charge is 0.388 e. The molecule has 112 valence electrons. The zero-order chi connectivity index (χ0) is 16.2. The number of hydrogen-bond acceptors (Lipinski definition) is 5.